The summed E-state index contributed by atoms with van der Waals surface area (Å²) in [4.78, 5) is 7.51. The second-order valence-electron chi connectivity index (χ2n) is 1.89. The molecule has 0 saturated heterocycles. The van der Waals surface area contributed by atoms with Crippen LogP contribution in [0.4, 0.5) is 0 Å². The van der Waals surface area contributed by atoms with E-state index in [0.29, 0.717) is 0 Å². The van der Waals surface area contributed by atoms with Crippen LogP contribution in [0.3, 0.4) is 0 Å². The minimum Gasteiger partial charge on any atom is -0.265 e. The van der Waals surface area contributed by atoms with Gasteiger partial charge >= 0.3 is 0 Å². The first-order valence-corrected chi connectivity index (χ1v) is 3.52. The smallest absolute Gasteiger partial charge is 0.0273 e. The van der Waals surface area contributed by atoms with Crippen molar-refractivity contribution >= 4 is 0 Å². The van der Waals surface area contributed by atoms with Crippen LogP contribution in [-0.4, -0.2) is 9.97 Å². The van der Waals surface area contributed by atoms with Gasteiger partial charge < -0.3 is 0 Å². The average Bonchev–Trinajstić information content (AvgIpc) is 2.24. The van der Waals surface area contributed by atoms with Crippen LogP contribution in [0, 0.1) is 12.1 Å². The first-order chi connectivity index (χ1) is 6.00. The highest BCUT2D eigenvalue weighted by Gasteiger charge is 1.60. The quantitative estimate of drug-likeness (QED) is 0.580. The van der Waals surface area contributed by atoms with Gasteiger partial charge in [0.05, 0.1) is 0 Å². The Morgan fingerprint density at radius 1 is 0.583 bits per heavy atom. The molecule has 0 atom stereocenters. The molecule has 2 radical (unpaired) electrons. The fourth-order valence-corrected chi connectivity index (χ4v) is 0.555. The molecule has 0 fully saturated rings. The summed E-state index contributed by atoms with van der Waals surface area (Å²) < 4.78 is 0. The van der Waals surface area contributed by atoms with Crippen molar-refractivity contribution in [2.24, 2.45) is 0 Å². The summed E-state index contributed by atoms with van der Waals surface area (Å²) in [5.74, 6) is 0. The molecule has 0 unspecified atom stereocenters. The molecule has 0 aliphatic rings. The number of pyridine rings is 2. The van der Waals surface area contributed by atoms with Gasteiger partial charge in [0.2, 0.25) is 0 Å². The van der Waals surface area contributed by atoms with E-state index >= 15 is 0 Å². The second-order valence-corrected chi connectivity index (χ2v) is 1.89. The highest BCUT2D eigenvalue weighted by Crippen LogP contribution is 1.72. The molecule has 58 valence electrons. The lowest BCUT2D eigenvalue weighted by Gasteiger charge is -1.69. The van der Waals surface area contributed by atoms with Gasteiger partial charge in [0, 0.05) is 24.8 Å². The normalized spacial score (nSPS) is 8.00. The standard InChI is InChI=1S/2C5H4N/c2*1-2-4-6-5-3-1/h2*2-5H. The summed E-state index contributed by atoms with van der Waals surface area (Å²) in [7, 11) is 0. The third-order valence-corrected chi connectivity index (χ3v) is 1.03. The maximum Gasteiger partial charge on any atom is 0.0273 e. The molecule has 0 saturated carbocycles. The molecule has 2 aromatic heterocycles. The van der Waals surface area contributed by atoms with Gasteiger partial charge in [-0.1, -0.05) is 0 Å². The summed E-state index contributed by atoms with van der Waals surface area (Å²) in [6.07, 6.45) is 6.78. The Hall–Kier alpha value is -1.70. The number of aromatic nitrogens is 2. The number of rotatable bonds is 0. The lowest BCUT2D eigenvalue weighted by atomic mass is 10.5. The molecule has 0 aliphatic carbocycles. The van der Waals surface area contributed by atoms with E-state index < -0.39 is 0 Å². The molecular weight excluding hydrogens is 148 g/mol. The minimum absolute atomic E-state index is 1.69. The van der Waals surface area contributed by atoms with E-state index in [2.05, 4.69) is 22.1 Å². The van der Waals surface area contributed by atoms with E-state index in [4.69, 9.17) is 0 Å². The number of nitrogens with zero attached hydrogens (tertiary/aromatic N) is 2. The molecule has 2 aromatic rings. The van der Waals surface area contributed by atoms with Gasteiger partial charge in [0.1, 0.15) is 0 Å². The summed E-state index contributed by atoms with van der Waals surface area (Å²) in [6, 6.07) is 12.7. The van der Waals surface area contributed by atoms with Crippen LogP contribution in [-0.2, 0) is 0 Å². The predicted octanol–water partition coefficient (Wildman–Crippen LogP) is 1.76. The zero-order valence-corrected chi connectivity index (χ0v) is 6.51. The van der Waals surface area contributed by atoms with Crippen molar-refractivity contribution in [2.45, 2.75) is 0 Å². The Bertz CT molecular complexity index is 183. The molecule has 12 heavy (non-hydrogen) atoms. The Morgan fingerprint density at radius 3 is 1.00 bits per heavy atom. The zero-order valence-electron chi connectivity index (χ0n) is 6.51. The Kier molecular flexibility index (Phi) is 4.23. The van der Waals surface area contributed by atoms with Gasteiger partial charge in [-0.15, -0.1) is 0 Å². The van der Waals surface area contributed by atoms with Crippen LogP contribution in [0.2, 0.25) is 0 Å². The van der Waals surface area contributed by atoms with Crippen molar-refractivity contribution < 1.29 is 0 Å². The maximum absolute atomic E-state index is 3.75. The van der Waals surface area contributed by atoms with Crippen LogP contribution in [0.15, 0.2) is 49.1 Å². The Morgan fingerprint density at radius 2 is 0.917 bits per heavy atom. The van der Waals surface area contributed by atoms with E-state index in [9.17, 15) is 0 Å². The summed E-state index contributed by atoms with van der Waals surface area (Å²) >= 11 is 0. The van der Waals surface area contributed by atoms with Gasteiger partial charge in [-0.2, -0.15) is 0 Å². The molecule has 0 spiro atoms. The summed E-state index contributed by atoms with van der Waals surface area (Å²) in [6.45, 7) is 0. The van der Waals surface area contributed by atoms with E-state index in [1.165, 1.54) is 0 Å². The van der Waals surface area contributed by atoms with E-state index in [0.717, 1.165) is 0 Å². The average molecular weight is 156 g/mol. The largest absolute Gasteiger partial charge is 0.265 e. The fourth-order valence-electron chi connectivity index (χ4n) is 0.555. The van der Waals surface area contributed by atoms with Crippen LogP contribution in [0.1, 0.15) is 0 Å². The molecule has 2 heteroatoms. The predicted molar refractivity (Wildman–Crippen MR) is 46.1 cm³/mol. The van der Waals surface area contributed by atoms with Crippen LogP contribution in [0.5, 0.6) is 0 Å². The maximum atomic E-state index is 3.75. The van der Waals surface area contributed by atoms with Crippen LogP contribution < -0.4 is 0 Å². The van der Waals surface area contributed by atoms with Gasteiger partial charge in [0.25, 0.3) is 0 Å². The van der Waals surface area contributed by atoms with Crippen LogP contribution >= 0.6 is 0 Å². The molecule has 2 nitrogen and oxygen atoms in total. The molecule has 0 N–H and O–H groups in total. The van der Waals surface area contributed by atoms with E-state index in [-0.39, 0.29) is 0 Å². The van der Waals surface area contributed by atoms with Gasteiger partial charge in [0.15, 0.2) is 0 Å². The van der Waals surface area contributed by atoms with Gasteiger partial charge in [-0.25, -0.2) is 0 Å². The molecule has 0 bridgehead atoms. The molecular formula is C10H8N2. The number of hydrogen-bond donors (Lipinski definition) is 0. The second kappa shape index (κ2) is 6.04. The lowest BCUT2D eigenvalue weighted by molar-refractivity contribution is 1.33. The van der Waals surface area contributed by atoms with Crippen molar-refractivity contribution in [3.63, 3.8) is 0 Å². The number of hydrogen-bond acceptors (Lipinski definition) is 2. The van der Waals surface area contributed by atoms with Crippen molar-refractivity contribution in [3.05, 3.63) is 61.2 Å². The van der Waals surface area contributed by atoms with Gasteiger partial charge in [-0.05, 0) is 36.4 Å². The topological polar surface area (TPSA) is 25.8 Å². The third-order valence-electron chi connectivity index (χ3n) is 1.03. The fraction of sp³-hybridized carbons (Fsp3) is 0. The van der Waals surface area contributed by atoms with E-state index in [1.807, 2.05) is 0 Å². The van der Waals surface area contributed by atoms with Crippen molar-refractivity contribution in [2.75, 3.05) is 0 Å². The summed E-state index contributed by atoms with van der Waals surface area (Å²) in [5, 5.41) is 0. The lowest BCUT2D eigenvalue weighted by Crippen LogP contribution is -1.59. The van der Waals surface area contributed by atoms with Gasteiger partial charge in [-0.3, -0.25) is 9.97 Å². The molecule has 0 aromatic carbocycles. The van der Waals surface area contributed by atoms with Crippen molar-refractivity contribution in [1.82, 2.24) is 9.97 Å². The molecule has 0 amide bonds. The molecule has 2 heterocycles. The highest BCUT2D eigenvalue weighted by molar-refractivity contribution is 4.86. The first-order valence-electron chi connectivity index (χ1n) is 3.52. The van der Waals surface area contributed by atoms with Crippen LogP contribution in [0.25, 0.3) is 0 Å². The summed E-state index contributed by atoms with van der Waals surface area (Å²) in [5.41, 5.74) is 0. The molecule has 2 rings (SSSR count). The highest BCUT2D eigenvalue weighted by atomic mass is 14.6. The van der Waals surface area contributed by atoms with Crippen molar-refractivity contribution in [3.8, 4) is 0 Å². The Balaban J connectivity index is 0.000000120. The first kappa shape index (κ1) is 8.40. The molecule has 0 aliphatic heterocycles. The van der Waals surface area contributed by atoms with E-state index in [1.54, 1.807) is 49.1 Å². The third kappa shape index (κ3) is 4.17. The Labute approximate surface area is 71.9 Å². The van der Waals surface area contributed by atoms with Crippen molar-refractivity contribution in [1.29, 1.82) is 0 Å². The minimum atomic E-state index is 1.69. The monoisotopic (exact) mass is 156 g/mol. The zero-order chi connectivity index (χ0) is 8.49. The SMILES string of the molecule is [c]1ccncc1.[c]1ccncc1.